The minimum Gasteiger partial charge on any atom is -0.330 e. The van der Waals surface area contributed by atoms with Crippen LogP contribution in [0.1, 0.15) is 5.56 Å². The molecule has 0 radical (unpaired) electrons. The van der Waals surface area contributed by atoms with Crippen molar-refractivity contribution in [2.24, 2.45) is 0 Å². The lowest BCUT2D eigenvalue weighted by Crippen LogP contribution is -1.99. The summed E-state index contributed by atoms with van der Waals surface area (Å²) in [4.78, 5) is 3.00. The van der Waals surface area contributed by atoms with Gasteiger partial charge in [0, 0.05) is 11.6 Å². The Hall–Kier alpha value is -1.53. The number of fused-ring (bicyclic) bond motifs is 1. The molecule has 1 N–H and O–H groups in total. The minimum atomic E-state index is -0.394. The van der Waals surface area contributed by atoms with Gasteiger partial charge in [-0.1, -0.05) is 6.07 Å². The zero-order valence-corrected chi connectivity index (χ0v) is 12.8. The molecule has 0 fully saturated rings. The van der Waals surface area contributed by atoms with Crippen LogP contribution >= 0.6 is 28.1 Å². The maximum absolute atomic E-state index is 13.8. The lowest BCUT2D eigenvalue weighted by atomic mass is 10.2. The Kier molecular flexibility index (Phi) is 3.22. The van der Waals surface area contributed by atoms with Crippen LogP contribution in [0.15, 0.2) is 34.8 Å². The Bertz CT molecular complexity index is 883. The van der Waals surface area contributed by atoms with Crippen LogP contribution in [0.4, 0.5) is 8.78 Å². The van der Waals surface area contributed by atoms with Gasteiger partial charge in [-0.05, 0) is 53.3 Å². The van der Waals surface area contributed by atoms with Crippen molar-refractivity contribution in [3.63, 3.8) is 0 Å². The van der Waals surface area contributed by atoms with Crippen LogP contribution in [0.25, 0.3) is 16.7 Å². The Morgan fingerprint density at radius 2 is 1.95 bits per heavy atom. The van der Waals surface area contributed by atoms with Crippen molar-refractivity contribution in [2.75, 3.05) is 0 Å². The van der Waals surface area contributed by atoms with Gasteiger partial charge in [-0.25, -0.2) is 8.78 Å². The minimum absolute atomic E-state index is 0.323. The molecule has 0 aliphatic heterocycles. The smallest absolute Gasteiger partial charge is 0.182 e. The Morgan fingerprint density at radius 1 is 1.20 bits per heavy atom. The van der Waals surface area contributed by atoms with Gasteiger partial charge < -0.3 is 4.98 Å². The number of halogens is 3. The first-order chi connectivity index (χ1) is 9.49. The van der Waals surface area contributed by atoms with E-state index in [0.29, 0.717) is 31.5 Å². The molecule has 0 amide bonds. The summed E-state index contributed by atoms with van der Waals surface area (Å²) in [6, 6.07) is 7.73. The van der Waals surface area contributed by atoms with Crippen LogP contribution in [0.2, 0.25) is 0 Å². The van der Waals surface area contributed by atoms with Gasteiger partial charge >= 0.3 is 0 Å². The van der Waals surface area contributed by atoms with Crippen molar-refractivity contribution in [3.05, 3.63) is 56.8 Å². The lowest BCUT2D eigenvalue weighted by molar-refractivity contribution is 0.616. The van der Waals surface area contributed by atoms with Crippen molar-refractivity contribution in [1.82, 2.24) is 9.55 Å². The standard InChI is InChI=1S/C14H9BrF2N2S/c1-7-9(16)3-2-4-12(7)19-13-6-10(17)8(15)5-11(13)18-14(19)20/h2-6H,1H3,(H,18,20). The summed E-state index contributed by atoms with van der Waals surface area (Å²) in [5.74, 6) is -0.717. The van der Waals surface area contributed by atoms with Crippen LogP contribution in [-0.4, -0.2) is 9.55 Å². The second-order valence-electron chi connectivity index (χ2n) is 4.43. The van der Waals surface area contributed by atoms with Gasteiger partial charge in [0.05, 0.1) is 21.2 Å². The Balaban J connectivity index is 2.42. The van der Waals surface area contributed by atoms with Gasteiger partial charge in [-0.15, -0.1) is 0 Å². The predicted molar refractivity (Wildman–Crippen MR) is 80.8 cm³/mol. The first-order valence-electron chi connectivity index (χ1n) is 5.84. The molecule has 0 saturated heterocycles. The quantitative estimate of drug-likeness (QED) is 0.607. The molecule has 0 bridgehead atoms. The summed E-state index contributed by atoms with van der Waals surface area (Å²) in [5, 5.41) is 0. The van der Waals surface area contributed by atoms with Crippen LogP contribution in [0.5, 0.6) is 0 Å². The van der Waals surface area contributed by atoms with Crippen molar-refractivity contribution in [2.45, 2.75) is 6.92 Å². The zero-order chi connectivity index (χ0) is 14.4. The van der Waals surface area contributed by atoms with Gasteiger partial charge in [0.15, 0.2) is 4.77 Å². The number of hydrogen-bond acceptors (Lipinski definition) is 1. The summed E-state index contributed by atoms with van der Waals surface area (Å²) < 4.78 is 29.8. The van der Waals surface area contributed by atoms with Crippen molar-refractivity contribution >= 4 is 39.2 Å². The van der Waals surface area contributed by atoms with E-state index >= 15 is 0 Å². The van der Waals surface area contributed by atoms with E-state index < -0.39 is 5.82 Å². The highest BCUT2D eigenvalue weighted by Crippen LogP contribution is 2.27. The van der Waals surface area contributed by atoms with Crippen molar-refractivity contribution < 1.29 is 8.78 Å². The number of hydrogen-bond donors (Lipinski definition) is 1. The Labute approximate surface area is 127 Å². The van der Waals surface area contributed by atoms with E-state index in [2.05, 4.69) is 20.9 Å². The second-order valence-corrected chi connectivity index (χ2v) is 5.67. The molecule has 0 aliphatic carbocycles. The third kappa shape index (κ3) is 1.99. The molecule has 1 heterocycles. The van der Waals surface area contributed by atoms with Gasteiger partial charge in [-0.3, -0.25) is 4.57 Å². The number of nitrogens with one attached hydrogen (secondary N) is 1. The zero-order valence-electron chi connectivity index (χ0n) is 10.4. The maximum atomic E-state index is 13.8. The molecule has 3 aromatic rings. The maximum Gasteiger partial charge on any atom is 0.182 e. The molecule has 0 saturated carbocycles. The largest absolute Gasteiger partial charge is 0.330 e. The summed E-state index contributed by atoms with van der Waals surface area (Å²) in [5.41, 5.74) is 2.33. The molecule has 0 unspecified atom stereocenters. The normalized spacial score (nSPS) is 11.2. The van der Waals surface area contributed by atoms with E-state index in [-0.39, 0.29) is 5.82 Å². The second kappa shape index (κ2) is 4.79. The van der Waals surface area contributed by atoms with Gasteiger partial charge in [-0.2, -0.15) is 0 Å². The van der Waals surface area contributed by atoms with E-state index in [1.807, 2.05) is 0 Å². The van der Waals surface area contributed by atoms with E-state index in [0.717, 1.165) is 0 Å². The third-order valence-electron chi connectivity index (χ3n) is 3.20. The number of nitrogens with zero attached hydrogens (tertiary/aromatic N) is 1. The average molecular weight is 355 g/mol. The summed E-state index contributed by atoms with van der Waals surface area (Å²) in [6.07, 6.45) is 0. The molecule has 102 valence electrons. The highest BCUT2D eigenvalue weighted by molar-refractivity contribution is 9.10. The molecule has 6 heteroatoms. The summed E-state index contributed by atoms with van der Waals surface area (Å²) >= 11 is 8.41. The number of aromatic nitrogens is 2. The van der Waals surface area contributed by atoms with E-state index in [4.69, 9.17) is 12.2 Å². The summed E-state index contributed by atoms with van der Waals surface area (Å²) in [7, 11) is 0. The molecule has 2 nitrogen and oxygen atoms in total. The highest BCUT2D eigenvalue weighted by Gasteiger charge is 2.13. The average Bonchev–Trinajstić information content (AvgIpc) is 2.69. The van der Waals surface area contributed by atoms with Crippen LogP contribution < -0.4 is 0 Å². The van der Waals surface area contributed by atoms with Gasteiger partial charge in [0.25, 0.3) is 0 Å². The SMILES string of the molecule is Cc1c(F)cccc1-n1c(=S)[nH]c2cc(Br)c(F)cc21. The van der Waals surface area contributed by atoms with E-state index in [1.54, 1.807) is 29.7 Å². The van der Waals surface area contributed by atoms with Crippen LogP contribution in [-0.2, 0) is 0 Å². The van der Waals surface area contributed by atoms with E-state index in [9.17, 15) is 8.78 Å². The number of benzene rings is 2. The first-order valence-corrected chi connectivity index (χ1v) is 7.04. The highest BCUT2D eigenvalue weighted by atomic mass is 79.9. The van der Waals surface area contributed by atoms with Gasteiger partial charge in [0.1, 0.15) is 11.6 Å². The van der Waals surface area contributed by atoms with E-state index in [1.165, 1.54) is 12.1 Å². The molecule has 3 rings (SSSR count). The molecule has 0 spiro atoms. The van der Waals surface area contributed by atoms with Crippen molar-refractivity contribution in [1.29, 1.82) is 0 Å². The topological polar surface area (TPSA) is 20.7 Å². The summed E-state index contributed by atoms with van der Waals surface area (Å²) in [6.45, 7) is 1.67. The molecule has 20 heavy (non-hydrogen) atoms. The lowest BCUT2D eigenvalue weighted by Gasteiger charge is -2.09. The fourth-order valence-corrected chi connectivity index (χ4v) is 2.83. The number of aromatic amines is 1. The molecular formula is C14H9BrF2N2S. The number of imidazole rings is 1. The number of H-pyrrole nitrogens is 1. The molecule has 0 atom stereocenters. The van der Waals surface area contributed by atoms with Crippen LogP contribution in [0, 0.1) is 23.3 Å². The number of rotatable bonds is 1. The fourth-order valence-electron chi connectivity index (χ4n) is 2.18. The van der Waals surface area contributed by atoms with Crippen molar-refractivity contribution in [3.8, 4) is 5.69 Å². The fraction of sp³-hybridized carbons (Fsp3) is 0.0714. The molecule has 1 aromatic heterocycles. The Morgan fingerprint density at radius 3 is 2.70 bits per heavy atom. The molecule has 2 aromatic carbocycles. The van der Waals surface area contributed by atoms with Gasteiger partial charge in [0.2, 0.25) is 0 Å². The van der Waals surface area contributed by atoms with Crippen LogP contribution in [0.3, 0.4) is 0 Å². The molecule has 0 aliphatic rings. The predicted octanol–water partition coefficient (Wildman–Crippen LogP) is 5.04. The monoisotopic (exact) mass is 354 g/mol. The molecular weight excluding hydrogens is 346 g/mol. The third-order valence-corrected chi connectivity index (χ3v) is 4.10. The first kappa shape index (κ1) is 13.5.